The highest BCUT2D eigenvalue weighted by atomic mass is 79.9. The van der Waals surface area contributed by atoms with E-state index in [1.54, 1.807) is 0 Å². The molecule has 1 N–H and O–H groups in total. The number of benzene rings is 3. The minimum Gasteiger partial charge on any atom is -0.273 e. The largest absolute Gasteiger partial charge is 0.273 e. The molecule has 120 valence electrons. The van der Waals surface area contributed by atoms with E-state index in [2.05, 4.69) is 26.5 Å². The average Bonchev–Trinajstić information content (AvgIpc) is 2.60. The molecule has 24 heavy (non-hydrogen) atoms. The third-order valence-electron chi connectivity index (χ3n) is 3.82. The highest BCUT2D eigenvalue weighted by Crippen LogP contribution is 2.18. The molecule has 0 saturated carbocycles. The Balaban J connectivity index is 1.72. The summed E-state index contributed by atoms with van der Waals surface area (Å²) in [4.78, 5) is 12.2. The number of amides is 1. The van der Waals surface area contributed by atoms with Crippen LogP contribution in [-0.2, 0) is 11.2 Å². The van der Waals surface area contributed by atoms with E-state index >= 15 is 0 Å². The van der Waals surface area contributed by atoms with Gasteiger partial charge in [0.1, 0.15) is 0 Å². The van der Waals surface area contributed by atoms with Gasteiger partial charge in [0.2, 0.25) is 5.91 Å². The van der Waals surface area contributed by atoms with Gasteiger partial charge in [0.15, 0.2) is 0 Å². The van der Waals surface area contributed by atoms with Gasteiger partial charge >= 0.3 is 0 Å². The second-order valence-corrected chi connectivity index (χ2v) is 6.47. The second-order valence-electron chi connectivity index (χ2n) is 5.56. The predicted octanol–water partition coefficient (Wildman–Crippen LogP) is 4.69. The first-order valence-electron chi connectivity index (χ1n) is 7.69. The van der Waals surface area contributed by atoms with Crippen LogP contribution in [-0.4, -0.2) is 11.6 Å². The lowest BCUT2D eigenvalue weighted by Crippen LogP contribution is -2.21. The minimum atomic E-state index is -0.124. The summed E-state index contributed by atoms with van der Waals surface area (Å²) in [6, 6.07) is 21.9. The molecule has 0 atom stereocenters. The fourth-order valence-electron chi connectivity index (χ4n) is 2.58. The van der Waals surface area contributed by atoms with Gasteiger partial charge in [-0.05, 0) is 41.0 Å². The van der Waals surface area contributed by atoms with Gasteiger partial charge in [-0.25, -0.2) is 5.43 Å². The molecule has 0 bridgehead atoms. The molecule has 0 fully saturated rings. The maximum atomic E-state index is 12.2. The molecule has 0 heterocycles. The van der Waals surface area contributed by atoms with E-state index in [1.807, 2.05) is 73.7 Å². The van der Waals surface area contributed by atoms with E-state index in [9.17, 15) is 4.79 Å². The lowest BCUT2D eigenvalue weighted by molar-refractivity contribution is -0.120. The molecule has 0 aromatic heterocycles. The van der Waals surface area contributed by atoms with Crippen LogP contribution in [0.1, 0.15) is 18.1 Å². The third kappa shape index (κ3) is 3.89. The molecule has 0 aliphatic carbocycles. The van der Waals surface area contributed by atoms with Crippen molar-refractivity contribution in [2.75, 3.05) is 0 Å². The normalized spacial score (nSPS) is 11.5. The summed E-state index contributed by atoms with van der Waals surface area (Å²) in [6.45, 7) is 1.87. The molecule has 3 aromatic carbocycles. The summed E-state index contributed by atoms with van der Waals surface area (Å²) in [7, 11) is 0. The standard InChI is InChI=1S/C20H17BrN2O/c1-14(16-8-5-10-18(21)12-16)22-23-20(24)13-17-9-4-7-15-6-2-3-11-19(15)17/h2-12H,13H2,1H3,(H,23,24)/b22-14-. The first kappa shape index (κ1) is 16.4. The highest BCUT2D eigenvalue weighted by molar-refractivity contribution is 9.10. The molecule has 3 nitrogen and oxygen atoms in total. The summed E-state index contributed by atoms with van der Waals surface area (Å²) in [5.74, 6) is -0.124. The number of carbonyl (C=O) groups excluding carboxylic acids is 1. The third-order valence-corrected chi connectivity index (χ3v) is 4.31. The number of rotatable bonds is 4. The Morgan fingerprint density at radius 1 is 1.04 bits per heavy atom. The number of carbonyl (C=O) groups is 1. The Bertz CT molecular complexity index is 913. The Morgan fingerprint density at radius 2 is 1.79 bits per heavy atom. The molecule has 0 saturated heterocycles. The minimum absolute atomic E-state index is 0.124. The first-order chi connectivity index (χ1) is 11.6. The van der Waals surface area contributed by atoms with Crippen LogP contribution >= 0.6 is 15.9 Å². The van der Waals surface area contributed by atoms with E-state index in [0.29, 0.717) is 6.42 Å². The van der Waals surface area contributed by atoms with Crippen LogP contribution in [0.15, 0.2) is 76.3 Å². The lowest BCUT2D eigenvalue weighted by Gasteiger charge is -2.06. The van der Waals surface area contributed by atoms with Gasteiger partial charge in [0.25, 0.3) is 0 Å². The quantitative estimate of drug-likeness (QED) is 0.517. The molecule has 1 amide bonds. The predicted molar refractivity (Wildman–Crippen MR) is 102 cm³/mol. The van der Waals surface area contributed by atoms with Crippen molar-refractivity contribution in [2.45, 2.75) is 13.3 Å². The maximum absolute atomic E-state index is 12.2. The van der Waals surface area contributed by atoms with Crippen LogP contribution in [0.3, 0.4) is 0 Å². The summed E-state index contributed by atoms with van der Waals surface area (Å²) in [6.07, 6.45) is 0.302. The van der Waals surface area contributed by atoms with Crippen LogP contribution < -0.4 is 5.43 Å². The van der Waals surface area contributed by atoms with Crippen molar-refractivity contribution in [2.24, 2.45) is 5.10 Å². The van der Waals surface area contributed by atoms with Crippen LogP contribution in [0, 0.1) is 0 Å². The summed E-state index contributed by atoms with van der Waals surface area (Å²) >= 11 is 3.44. The average molecular weight is 381 g/mol. The Kier molecular flexibility index (Phi) is 5.06. The molecule has 0 unspecified atom stereocenters. The first-order valence-corrected chi connectivity index (χ1v) is 8.48. The monoisotopic (exact) mass is 380 g/mol. The van der Waals surface area contributed by atoms with E-state index < -0.39 is 0 Å². The molecular weight excluding hydrogens is 364 g/mol. The Morgan fingerprint density at radius 3 is 2.62 bits per heavy atom. The summed E-state index contributed by atoms with van der Waals surface area (Å²) in [5, 5.41) is 6.44. The molecule has 0 radical (unpaired) electrons. The number of hydrogen-bond acceptors (Lipinski definition) is 2. The maximum Gasteiger partial charge on any atom is 0.244 e. The molecule has 3 rings (SSSR count). The van der Waals surface area contributed by atoms with Crippen molar-refractivity contribution in [1.82, 2.24) is 5.43 Å². The van der Waals surface area contributed by atoms with Crippen LogP contribution in [0.4, 0.5) is 0 Å². The molecule has 0 aliphatic heterocycles. The van der Waals surface area contributed by atoms with Crippen molar-refractivity contribution >= 4 is 38.3 Å². The van der Waals surface area contributed by atoms with Crippen molar-refractivity contribution in [1.29, 1.82) is 0 Å². The van der Waals surface area contributed by atoms with E-state index in [4.69, 9.17) is 0 Å². The van der Waals surface area contributed by atoms with Gasteiger partial charge in [-0.15, -0.1) is 0 Å². The second kappa shape index (κ2) is 7.41. The highest BCUT2D eigenvalue weighted by Gasteiger charge is 2.06. The zero-order valence-electron chi connectivity index (χ0n) is 13.3. The van der Waals surface area contributed by atoms with Crippen LogP contribution in [0.5, 0.6) is 0 Å². The van der Waals surface area contributed by atoms with Crippen LogP contribution in [0.25, 0.3) is 10.8 Å². The Hall–Kier alpha value is -2.46. The molecule has 3 aromatic rings. The van der Waals surface area contributed by atoms with Gasteiger partial charge in [-0.3, -0.25) is 4.79 Å². The van der Waals surface area contributed by atoms with Gasteiger partial charge < -0.3 is 0 Å². The van der Waals surface area contributed by atoms with Gasteiger partial charge in [0.05, 0.1) is 12.1 Å². The smallest absolute Gasteiger partial charge is 0.244 e. The van der Waals surface area contributed by atoms with Gasteiger partial charge in [-0.1, -0.05) is 70.5 Å². The fourth-order valence-corrected chi connectivity index (χ4v) is 2.98. The summed E-state index contributed by atoms with van der Waals surface area (Å²) in [5.41, 5.74) is 5.38. The molecule has 4 heteroatoms. The van der Waals surface area contributed by atoms with E-state index in [-0.39, 0.29) is 5.91 Å². The van der Waals surface area contributed by atoms with E-state index in [1.165, 1.54) is 0 Å². The topological polar surface area (TPSA) is 41.5 Å². The van der Waals surface area contributed by atoms with E-state index in [0.717, 1.165) is 32.1 Å². The fraction of sp³-hybridized carbons (Fsp3) is 0.100. The number of halogens is 1. The SMILES string of the molecule is C/C(=N/NC(=O)Cc1cccc2ccccc12)c1cccc(Br)c1. The number of nitrogens with one attached hydrogen (secondary N) is 1. The lowest BCUT2D eigenvalue weighted by atomic mass is 10.0. The van der Waals surface area contributed by atoms with Gasteiger partial charge in [-0.2, -0.15) is 5.10 Å². The van der Waals surface area contributed by atoms with Gasteiger partial charge in [0, 0.05) is 4.47 Å². The number of nitrogens with zero attached hydrogens (tertiary/aromatic N) is 1. The van der Waals surface area contributed by atoms with Crippen molar-refractivity contribution < 1.29 is 4.79 Å². The Labute approximate surface area is 149 Å². The molecular formula is C20H17BrN2O. The van der Waals surface area contributed by atoms with Crippen molar-refractivity contribution in [3.63, 3.8) is 0 Å². The number of hydrazone groups is 1. The number of hydrogen-bond donors (Lipinski definition) is 1. The zero-order chi connectivity index (χ0) is 16.9. The zero-order valence-corrected chi connectivity index (χ0v) is 14.9. The molecule has 0 spiro atoms. The van der Waals surface area contributed by atoms with Crippen molar-refractivity contribution in [3.05, 3.63) is 82.3 Å². The number of fused-ring (bicyclic) bond motifs is 1. The van der Waals surface area contributed by atoms with Crippen molar-refractivity contribution in [3.8, 4) is 0 Å². The molecule has 0 aliphatic rings. The summed E-state index contributed by atoms with van der Waals surface area (Å²) < 4.78 is 0.983. The van der Waals surface area contributed by atoms with Crippen LogP contribution in [0.2, 0.25) is 0 Å².